The Balaban J connectivity index is 1.94. The van der Waals surface area contributed by atoms with Crippen LogP contribution in [0.25, 0.3) is 10.9 Å². The van der Waals surface area contributed by atoms with Gasteiger partial charge in [-0.3, -0.25) is 9.67 Å². The molecule has 2 aromatic heterocycles. The Bertz CT molecular complexity index is 774. The molecule has 0 unspecified atom stereocenters. The third-order valence-electron chi connectivity index (χ3n) is 3.94. The number of benzene rings is 1. The van der Waals surface area contributed by atoms with E-state index in [4.69, 9.17) is 0 Å². The van der Waals surface area contributed by atoms with Gasteiger partial charge in [-0.15, -0.1) is 0 Å². The van der Waals surface area contributed by atoms with Crippen molar-refractivity contribution in [1.29, 1.82) is 0 Å². The maximum absolute atomic E-state index is 4.67. The zero-order valence-electron chi connectivity index (χ0n) is 12.7. The van der Waals surface area contributed by atoms with Crippen molar-refractivity contribution < 1.29 is 0 Å². The van der Waals surface area contributed by atoms with Gasteiger partial charge in [0.05, 0.1) is 11.7 Å². The number of fused-ring (bicyclic) bond motifs is 1. The van der Waals surface area contributed by atoms with E-state index in [-0.39, 0.29) is 0 Å². The van der Waals surface area contributed by atoms with Crippen molar-refractivity contribution >= 4 is 16.6 Å². The van der Waals surface area contributed by atoms with Crippen LogP contribution in [0.2, 0.25) is 0 Å². The predicted octanol–water partition coefficient (Wildman–Crippen LogP) is 3.45. The molecular weight excluding hydrogens is 260 g/mol. The monoisotopic (exact) mass is 280 g/mol. The van der Waals surface area contributed by atoms with Gasteiger partial charge in [0.25, 0.3) is 0 Å². The lowest BCUT2D eigenvalue weighted by Crippen LogP contribution is -2.03. The van der Waals surface area contributed by atoms with Gasteiger partial charge in [0.2, 0.25) is 0 Å². The van der Waals surface area contributed by atoms with Gasteiger partial charge in [-0.2, -0.15) is 5.10 Å². The number of para-hydroxylation sites is 1. The molecule has 0 bridgehead atoms. The number of pyridine rings is 1. The topological polar surface area (TPSA) is 42.7 Å². The minimum Gasteiger partial charge on any atom is -0.380 e. The summed E-state index contributed by atoms with van der Waals surface area (Å²) in [5.41, 5.74) is 5.70. The van der Waals surface area contributed by atoms with Crippen LogP contribution in [-0.4, -0.2) is 14.8 Å². The standard InChI is InChI=1S/C17H20N4/c1-4-14-9-17(15-7-5-6-8-16(15)20-14)18-10-13-11-19-21(3)12(13)2/h5-9,11H,4,10H2,1-3H3,(H,18,20). The molecule has 0 spiro atoms. The summed E-state index contributed by atoms with van der Waals surface area (Å²) in [7, 11) is 1.97. The van der Waals surface area contributed by atoms with Crippen molar-refractivity contribution in [3.05, 3.63) is 53.5 Å². The number of aryl methyl sites for hydroxylation is 2. The average Bonchev–Trinajstić information content (AvgIpc) is 2.84. The Labute approximate surface area is 124 Å². The number of hydrogen-bond acceptors (Lipinski definition) is 3. The van der Waals surface area contributed by atoms with E-state index in [9.17, 15) is 0 Å². The van der Waals surface area contributed by atoms with E-state index in [0.717, 1.165) is 35.2 Å². The molecular formula is C17H20N4. The largest absolute Gasteiger partial charge is 0.380 e. The first-order valence-corrected chi connectivity index (χ1v) is 7.29. The second-order valence-electron chi connectivity index (χ2n) is 5.26. The smallest absolute Gasteiger partial charge is 0.0726 e. The third kappa shape index (κ3) is 2.61. The Hall–Kier alpha value is -2.36. The highest BCUT2D eigenvalue weighted by Gasteiger charge is 2.07. The maximum atomic E-state index is 4.67. The minimum atomic E-state index is 0.775. The molecule has 0 fully saturated rings. The average molecular weight is 280 g/mol. The van der Waals surface area contributed by atoms with Crippen molar-refractivity contribution in [2.24, 2.45) is 7.05 Å². The van der Waals surface area contributed by atoms with Gasteiger partial charge in [-0.05, 0) is 25.5 Å². The summed E-state index contributed by atoms with van der Waals surface area (Å²) in [4.78, 5) is 4.67. The third-order valence-corrected chi connectivity index (χ3v) is 3.94. The molecule has 21 heavy (non-hydrogen) atoms. The minimum absolute atomic E-state index is 0.775. The van der Waals surface area contributed by atoms with Crippen LogP contribution in [0.1, 0.15) is 23.9 Å². The number of nitrogens with zero attached hydrogens (tertiary/aromatic N) is 3. The number of hydrogen-bond donors (Lipinski definition) is 1. The van der Waals surface area contributed by atoms with E-state index in [1.807, 2.05) is 24.0 Å². The van der Waals surface area contributed by atoms with E-state index >= 15 is 0 Å². The SMILES string of the molecule is CCc1cc(NCc2cnn(C)c2C)c2ccccc2n1. The molecule has 0 amide bonds. The van der Waals surface area contributed by atoms with E-state index in [2.05, 4.69) is 53.5 Å². The highest BCUT2D eigenvalue weighted by atomic mass is 15.3. The van der Waals surface area contributed by atoms with Crippen LogP contribution >= 0.6 is 0 Å². The predicted molar refractivity (Wildman–Crippen MR) is 86.4 cm³/mol. The van der Waals surface area contributed by atoms with Crippen LogP contribution in [-0.2, 0) is 20.0 Å². The quantitative estimate of drug-likeness (QED) is 0.796. The van der Waals surface area contributed by atoms with E-state index in [1.54, 1.807) is 0 Å². The molecule has 0 aliphatic carbocycles. The van der Waals surface area contributed by atoms with E-state index < -0.39 is 0 Å². The van der Waals surface area contributed by atoms with Crippen LogP contribution in [0, 0.1) is 6.92 Å². The summed E-state index contributed by atoms with van der Waals surface area (Å²) in [6.45, 7) is 5.00. The van der Waals surface area contributed by atoms with Gasteiger partial charge >= 0.3 is 0 Å². The van der Waals surface area contributed by atoms with Crippen molar-refractivity contribution in [3.63, 3.8) is 0 Å². The summed E-state index contributed by atoms with van der Waals surface area (Å²) >= 11 is 0. The molecule has 3 aromatic rings. The molecule has 4 heteroatoms. The Morgan fingerprint density at radius 2 is 2.05 bits per heavy atom. The fourth-order valence-electron chi connectivity index (χ4n) is 2.47. The molecule has 0 aliphatic rings. The molecule has 3 rings (SSSR count). The van der Waals surface area contributed by atoms with Gasteiger partial charge in [0.1, 0.15) is 0 Å². The molecule has 108 valence electrons. The highest BCUT2D eigenvalue weighted by molar-refractivity contribution is 5.91. The molecule has 0 atom stereocenters. The first-order valence-electron chi connectivity index (χ1n) is 7.29. The van der Waals surface area contributed by atoms with Crippen molar-refractivity contribution in [2.75, 3.05) is 5.32 Å². The Morgan fingerprint density at radius 1 is 1.24 bits per heavy atom. The van der Waals surface area contributed by atoms with E-state index in [0.29, 0.717) is 0 Å². The van der Waals surface area contributed by atoms with Gasteiger partial charge in [0, 0.05) is 41.6 Å². The molecule has 0 saturated carbocycles. The molecule has 2 heterocycles. The lowest BCUT2D eigenvalue weighted by molar-refractivity contribution is 0.738. The van der Waals surface area contributed by atoms with E-state index in [1.165, 1.54) is 11.3 Å². The van der Waals surface area contributed by atoms with Gasteiger partial charge < -0.3 is 5.32 Å². The van der Waals surface area contributed by atoms with Crippen molar-refractivity contribution in [1.82, 2.24) is 14.8 Å². The van der Waals surface area contributed by atoms with Crippen LogP contribution in [0.15, 0.2) is 36.5 Å². The van der Waals surface area contributed by atoms with Gasteiger partial charge in [0.15, 0.2) is 0 Å². The van der Waals surface area contributed by atoms with Crippen LogP contribution < -0.4 is 5.32 Å². The van der Waals surface area contributed by atoms with Gasteiger partial charge in [-0.25, -0.2) is 0 Å². The Kier molecular flexibility index (Phi) is 3.60. The van der Waals surface area contributed by atoms with Crippen molar-refractivity contribution in [3.8, 4) is 0 Å². The fourth-order valence-corrected chi connectivity index (χ4v) is 2.47. The summed E-state index contributed by atoms with van der Waals surface area (Å²) in [5.74, 6) is 0. The Morgan fingerprint density at radius 3 is 2.76 bits per heavy atom. The molecule has 4 nitrogen and oxygen atoms in total. The summed E-state index contributed by atoms with van der Waals surface area (Å²) in [6, 6.07) is 10.4. The number of aromatic nitrogens is 3. The zero-order valence-corrected chi connectivity index (χ0v) is 12.7. The maximum Gasteiger partial charge on any atom is 0.0726 e. The second-order valence-corrected chi connectivity index (χ2v) is 5.26. The zero-order chi connectivity index (χ0) is 14.8. The highest BCUT2D eigenvalue weighted by Crippen LogP contribution is 2.24. The van der Waals surface area contributed by atoms with Crippen LogP contribution in [0.3, 0.4) is 0 Å². The summed E-state index contributed by atoms with van der Waals surface area (Å²) in [5, 5.41) is 8.99. The summed E-state index contributed by atoms with van der Waals surface area (Å²) in [6.07, 6.45) is 2.86. The fraction of sp³-hybridized carbons (Fsp3) is 0.294. The lowest BCUT2D eigenvalue weighted by atomic mass is 10.1. The lowest BCUT2D eigenvalue weighted by Gasteiger charge is -2.11. The number of anilines is 1. The summed E-state index contributed by atoms with van der Waals surface area (Å²) < 4.78 is 1.90. The van der Waals surface area contributed by atoms with Crippen molar-refractivity contribution in [2.45, 2.75) is 26.8 Å². The molecule has 0 saturated heterocycles. The van der Waals surface area contributed by atoms with Crippen LogP contribution in [0.5, 0.6) is 0 Å². The second kappa shape index (κ2) is 5.56. The molecule has 1 N–H and O–H groups in total. The number of nitrogens with one attached hydrogen (secondary N) is 1. The first kappa shape index (κ1) is 13.6. The van der Waals surface area contributed by atoms with Gasteiger partial charge in [-0.1, -0.05) is 25.1 Å². The number of rotatable bonds is 4. The molecule has 0 aliphatic heterocycles. The molecule has 1 aromatic carbocycles. The first-order chi connectivity index (χ1) is 10.2. The van der Waals surface area contributed by atoms with Crippen LogP contribution in [0.4, 0.5) is 5.69 Å². The normalized spacial score (nSPS) is 11.0. The molecule has 0 radical (unpaired) electrons.